The Labute approximate surface area is 175 Å². The fourth-order valence-corrected chi connectivity index (χ4v) is 2.62. The van der Waals surface area contributed by atoms with Crippen molar-refractivity contribution in [3.05, 3.63) is 72.8 Å². The molecule has 0 aliphatic heterocycles. The van der Waals surface area contributed by atoms with Crippen LogP contribution >= 0.6 is 12.2 Å². The molecule has 0 aliphatic rings. The Hall–Kier alpha value is -3.19. The predicted octanol–water partition coefficient (Wildman–Crippen LogP) is 3.63. The molecule has 6 nitrogen and oxygen atoms in total. The van der Waals surface area contributed by atoms with E-state index in [1.54, 1.807) is 30.3 Å². The summed E-state index contributed by atoms with van der Waals surface area (Å²) < 4.78 is 10.6. The van der Waals surface area contributed by atoms with E-state index in [1.165, 1.54) is 0 Å². The molecule has 0 spiro atoms. The van der Waals surface area contributed by atoms with Gasteiger partial charge in [0.05, 0.1) is 13.0 Å². The molecular weight excluding hydrogens is 388 g/mol. The minimum Gasteiger partial charge on any atom is -0.489 e. The highest BCUT2D eigenvalue weighted by Gasteiger charge is 2.10. The quantitative estimate of drug-likeness (QED) is 0.353. The molecule has 0 atom stereocenters. The molecule has 2 N–H and O–H groups in total. The van der Waals surface area contributed by atoms with Gasteiger partial charge in [-0.15, -0.1) is 0 Å². The molecule has 0 saturated heterocycles. The molecule has 0 heterocycles. The van der Waals surface area contributed by atoms with Gasteiger partial charge in [0.25, 0.3) is 0 Å². The Kier molecular flexibility index (Phi) is 9.38. The SMILES string of the molecule is C=CCOc1cccc(NC(=S)NC(=O)CCC(=O)OCCc2ccccc2)c1. The van der Waals surface area contributed by atoms with Crippen LogP contribution in [0.25, 0.3) is 0 Å². The van der Waals surface area contributed by atoms with Gasteiger partial charge in [0.15, 0.2) is 5.11 Å². The molecule has 0 radical (unpaired) electrons. The van der Waals surface area contributed by atoms with Crippen LogP contribution in [0.2, 0.25) is 0 Å². The van der Waals surface area contributed by atoms with Crippen LogP contribution in [0.5, 0.6) is 5.75 Å². The number of carbonyl (C=O) groups excluding carboxylic acids is 2. The number of nitrogens with one attached hydrogen (secondary N) is 2. The number of hydrogen-bond acceptors (Lipinski definition) is 5. The van der Waals surface area contributed by atoms with Crippen molar-refractivity contribution < 1.29 is 19.1 Å². The second-order valence-corrected chi connectivity index (χ2v) is 6.49. The highest BCUT2D eigenvalue weighted by Crippen LogP contribution is 2.17. The fourth-order valence-electron chi connectivity index (χ4n) is 2.39. The van der Waals surface area contributed by atoms with Gasteiger partial charge in [-0.2, -0.15) is 0 Å². The molecular formula is C22H24N2O4S. The first-order chi connectivity index (χ1) is 14.1. The van der Waals surface area contributed by atoms with Crippen molar-refractivity contribution in [1.82, 2.24) is 5.32 Å². The summed E-state index contributed by atoms with van der Waals surface area (Å²) in [6.45, 7) is 4.28. The van der Waals surface area contributed by atoms with Crippen molar-refractivity contribution in [1.29, 1.82) is 0 Å². The number of hydrogen-bond donors (Lipinski definition) is 2. The summed E-state index contributed by atoms with van der Waals surface area (Å²) >= 11 is 5.13. The third-order valence-electron chi connectivity index (χ3n) is 3.77. The van der Waals surface area contributed by atoms with E-state index in [1.807, 2.05) is 30.3 Å². The molecule has 152 valence electrons. The molecule has 7 heteroatoms. The molecule has 0 unspecified atom stereocenters. The summed E-state index contributed by atoms with van der Waals surface area (Å²) in [7, 11) is 0. The highest BCUT2D eigenvalue weighted by molar-refractivity contribution is 7.80. The average Bonchev–Trinajstić information content (AvgIpc) is 2.71. The molecule has 2 aromatic rings. The van der Waals surface area contributed by atoms with Crippen molar-refractivity contribution >= 4 is 34.9 Å². The number of benzene rings is 2. The van der Waals surface area contributed by atoms with E-state index in [-0.39, 0.29) is 30.5 Å². The van der Waals surface area contributed by atoms with Gasteiger partial charge < -0.3 is 20.1 Å². The maximum atomic E-state index is 12.0. The number of anilines is 1. The standard InChI is InChI=1S/C22H24N2O4S/c1-2-14-27-19-10-6-9-18(16-19)23-22(29)24-20(25)11-12-21(26)28-15-13-17-7-4-3-5-8-17/h2-10,16H,1,11-15H2,(H2,23,24,25,29). The van der Waals surface area contributed by atoms with Crippen LogP contribution in [0.1, 0.15) is 18.4 Å². The van der Waals surface area contributed by atoms with E-state index in [2.05, 4.69) is 17.2 Å². The molecule has 0 aliphatic carbocycles. The highest BCUT2D eigenvalue weighted by atomic mass is 32.1. The summed E-state index contributed by atoms with van der Waals surface area (Å²) in [4.78, 5) is 23.7. The van der Waals surface area contributed by atoms with Crippen molar-refractivity contribution in [2.45, 2.75) is 19.3 Å². The third kappa shape index (κ3) is 9.03. The molecule has 2 aromatic carbocycles. The first-order valence-electron chi connectivity index (χ1n) is 9.21. The maximum absolute atomic E-state index is 12.0. The van der Waals surface area contributed by atoms with Crippen molar-refractivity contribution in [2.24, 2.45) is 0 Å². The van der Waals surface area contributed by atoms with Crippen molar-refractivity contribution in [2.75, 3.05) is 18.5 Å². The maximum Gasteiger partial charge on any atom is 0.306 e. The van der Waals surface area contributed by atoms with E-state index >= 15 is 0 Å². The Morgan fingerprint density at radius 1 is 1.07 bits per heavy atom. The average molecular weight is 413 g/mol. The molecule has 0 bridgehead atoms. The van der Waals surface area contributed by atoms with E-state index in [0.29, 0.717) is 24.5 Å². The molecule has 0 saturated carbocycles. The van der Waals surface area contributed by atoms with Crippen LogP contribution in [0.4, 0.5) is 5.69 Å². The number of ether oxygens (including phenoxy) is 2. The first-order valence-corrected chi connectivity index (χ1v) is 9.62. The van der Waals surface area contributed by atoms with Crippen LogP contribution in [0, 0.1) is 0 Å². The number of rotatable bonds is 10. The van der Waals surface area contributed by atoms with Crippen LogP contribution in [-0.4, -0.2) is 30.2 Å². The lowest BCUT2D eigenvalue weighted by molar-refractivity contribution is -0.144. The fraction of sp³-hybridized carbons (Fsp3) is 0.227. The van der Waals surface area contributed by atoms with E-state index in [0.717, 1.165) is 5.56 Å². The van der Waals surface area contributed by atoms with Crippen LogP contribution in [-0.2, 0) is 20.7 Å². The van der Waals surface area contributed by atoms with Crippen LogP contribution in [0.15, 0.2) is 67.3 Å². The predicted molar refractivity (Wildman–Crippen MR) is 117 cm³/mol. The number of thiocarbonyl (C=S) groups is 1. The number of esters is 1. The van der Waals surface area contributed by atoms with Gasteiger partial charge in [0.1, 0.15) is 12.4 Å². The Morgan fingerprint density at radius 2 is 1.86 bits per heavy atom. The van der Waals surface area contributed by atoms with E-state index < -0.39 is 5.97 Å². The van der Waals surface area contributed by atoms with Gasteiger partial charge in [-0.05, 0) is 29.9 Å². The normalized spacial score (nSPS) is 9.93. The molecule has 2 rings (SSSR count). The minimum atomic E-state index is -0.415. The number of amides is 1. The molecule has 29 heavy (non-hydrogen) atoms. The summed E-state index contributed by atoms with van der Waals surface area (Å²) in [5, 5.41) is 5.60. The zero-order valence-electron chi connectivity index (χ0n) is 16.1. The largest absolute Gasteiger partial charge is 0.489 e. The Balaban J connectivity index is 1.65. The topological polar surface area (TPSA) is 76.7 Å². The van der Waals surface area contributed by atoms with Gasteiger partial charge in [-0.1, -0.05) is 49.1 Å². The van der Waals surface area contributed by atoms with Gasteiger partial charge >= 0.3 is 5.97 Å². The zero-order valence-corrected chi connectivity index (χ0v) is 16.9. The lowest BCUT2D eigenvalue weighted by atomic mass is 10.2. The monoisotopic (exact) mass is 412 g/mol. The zero-order chi connectivity index (χ0) is 20.9. The van der Waals surface area contributed by atoms with E-state index in [4.69, 9.17) is 21.7 Å². The molecule has 1 amide bonds. The molecule has 0 fully saturated rings. The smallest absolute Gasteiger partial charge is 0.306 e. The third-order valence-corrected chi connectivity index (χ3v) is 3.97. The number of carbonyl (C=O) groups is 2. The Bertz CT molecular complexity index is 840. The minimum absolute atomic E-state index is 0.00548. The summed E-state index contributed by atoms with van der Waals surface area (Å²) in [5.41, 5.74) is 1.77. The van der Waals surface area contributed by atoms with Crippen LogP contribution < -0.4 is 15.4 Å². The van der Waals surface area contributed by atoms with E-state index in [9.17, 15) is 9.59 Å². The van der Waals surface area contributed by atoms with Gasteiger partial charge in [-0.25, -0.2) is 0 Å². The van der Waals surface area contributed by atoms with Gasteiger partial charge in [0, 0.05) is 24.6 Å². The van der Waals surface area contributed by atoms with Crippen molar-refractivity contribution in [3.8, 4) is 5.75 Å². The lowest BCUT2D eigenvalue weighted by Gasteiger charge is -2.11. The summed E-state index contributed by atoms with van der Waals surface area (Å²) in [6.07, 6.45) is 2.28. The second-order valence-electron chi connectivity index (χ2n) is 6.09. The van der Waals surface area contributed by atoms with Crippen LogP contribution in [0.3, 0.4) is 0 Å². The van der Waals surface area contributed by atoms with Gasteiger partial charge in [0.2, 0.25) is 5.91 Å². The lowest BCUT2D eigenvalue weighted by Crippen LogP contribution is -2.34. The van der Waals surface area contributed by atoms with Crippen molar-refractivity contribution in [3.63, 3.8) is 0 Å². The Morgan fingerprint density at radius 3 is 2.62 bits per heavy atom. The summed E-state index contributed by atoms with van der Waals surface area (Å²) in [6, 6.07) is 16.9. The molecule has 0 aromatic heterocycles. The summed E-state index contributed by atoms with van der Waals surface area (Å²) in [5.74, 6) is -0.120. The first kappa shape index (κ1) is 22.1. The van der Waals surface area contributed by atoms with Gasteiger partial charge in [-0.3, -0.25) is 9.59 Å². The second kappa shape index (κ2) is 12.3.